The van der Waals surface area contributed by atoms with Crippen LogP contribution in [0.15, 0.2) is 24.5 Å². The van der Waals surface area contributed by atoms with Gasteiger partial charge in [0.15, 0.2) is 0 Å². The van der Waals surface area contributed by atoms with Crippen molar-refractivity contribution in [1.82, 2.24) is 9.88 Å². The van der Waals surface area contributed by atoms with E-state index < -0.39 is 0 Å². The van der Waals surface area contributed by atoms with Gasteiger partial charge in [0.1, 0.15) is 0 Å². The lowest BCUT2D eigenvalue weighted by atomic mass is 9.76. The standard InChI is InChI=1S/C16H22N2O2/c1-13(19)18-7-4-16(5-8-18)10-15(20-12-16)9-14-3-2-6-17-11-14/h2-3,6,11,15H,4-5,7-10,12H2,1H3. The highest BCUT2D eigenvalue weighted by Crippen LogP contribution is 2.42. The first-order valence-corrected chi connectivity index (χ1v) is 7.43. The summed E-state index contributed by atoms with van der Waals surface area (Å²) in [7, 11) is 0. The monoisotopic (exact) mass is 274 g/mol. The molecule has 2 aliphatic rings. The highest BCUT2D eigenvalue weighted by atomic mass is 16.5. The van der Waals surface area contributed by atoms with Crippen molar-refractivity contribution in [3.05, 3.63) is 30.1 Å². The Hall–Kier alpha value is -1.42. The summed E-state index contributed by atoms with van der Waals surface area (Å²) in [5, 5.41) is 0. The van der Waals surface area contributed by atoms with Gasteiger partial charge < -0.3 is 9.64 Å². The van der Waals surface area contributed by atoms with Crippen LogP contribution in [0.1, 0.15) is 31.7 Å². The first kappa shape index (κ1) is 13.6. The number of carbonyl (C=O) groups excluding carboxylic acids is 1. The average molecular weight is 274 g/mol. The molecule has 0 N–H and O–H groups in total. The summed E-state index contributed by atoms with van der Waals surface area (Å²) in [5.74, 6) is 0.200. The van der Waals surface area contributed by atoms with Crippen LogP contribution in [0.3, 0.4) is 0 Å². The van der Waals surface area contributed by atoms with E-state index in [1.54, 1.807) is 13.1 Å². The van der Waals surface area contributed by atoms with Gasteiger partial charge in [-0.25, -0.2) is 0 Å². The molecule has 4 nitrogen and oxygen atoms in total. The van der Waals surface area contributed by atoms with Gasteiger partial charge in [0.05, 0.1) is 12.7 Å². The Labute approximate surface area is 120 Å². The summed E-state index contributed by atoms with van der Waals surface area (Å²) < 4.78 is 6.01. The molecule has 2 saturated heterocycles. The lowest BCUT2D eigenvalue weighted by Crippen LogP contribution is -2.42. The molecule has 1 aromatic rings. The summed E-state index contributed by atoms with van der Waals surface area (Å²) >= 11 is 0. The third kappa shape index (κ3) is 2.85. The van der Waals surface area contributed by atoms with Crippen molar-refractivity contribution in [1.29, 1.82) is 0 Å². The number of nitrogens with zero attached hydrogens (tertiary/aromatic N) is 2. The molecule has 2 fully saturated rings. The van der Waals surface area contributed by atoms with Crippen molar-refractivity contribution in [2.24, 2.45) is 5.41 Å². The molecule has 0 aromatic carbocycles. The molecule has 1 aromatic heterocycles. The number of ether oxygens (including phenoxy) is 1. The largest absolute Gasteiger partial charge is 0.377 e. The summed E-state index contributed by atoms with van der Waals surface area (Å²) in [6.45, 7) is 4.29. The highest BCUT2D eigenvalue weighted by Gasteiger charge is 2.42. The second kappa shape index (κ2) is 5.52. The van der Waals surface area contributed by atoms with E-state index in [1.807, 2.05) is 17.2 Å². The second-order valence-corrected chi connectivity index (χ2v) is 6.21. The molecule has 3 rings (SSSR count). The van der Waals surface area contributed by atoms with E-state index in [2.05, 4.69) is 11.1 Å². The fourth-order valence-electron chi connectivity index (χ4n) is 3.45. The van der Waals surface area contributed by atoms with Crippen LogP contribution in [0.4, 0.5) is 0 Å². The van der Waals surface area contributed by atoms with Crippen LogP contribution in [0, 0.1) is 5.41 Å². The molecule has 0 aliphatic carbocycles. The van der Waals surface area contributed by atoms with Crippen molar-refractivity contribution in [2.45, 2.75) is 38.7 Å². The Morgan fingerprint density at radius 1 is 1.50 bits per heavy atom. The molecule has 1 amide bonds. The molecule has 108 valence electrons. The van der Waals surface area contributed by atoms with Gasteiger partial charge in [-0.15, -0.1) is 0 Å². The quantitative estimate of drug-likeness (QED) is 0.829. The van der Waals surface area contributed by atoms with Gasteiger partial charge >= 0.3 is 0 Å². The Balaban J connectivity index is 1.56. The van der Waals surface area contributed by atoms with Crippen LogP contribution in [0.5, 0.6) is 0 Å². The molecular weight excluding hydrogens is 252 g/mol. The van der Waals surface area contributed by atoms with Crippen LogP contribution in [0.2, 0.25) is 0 Å². The predicted octanol–water partition coefficient (Wildman–Crippen LogP) is 2.04. The fourth-order valence-corrected chi connectivity index (χ4v) is 3.45. The highest BCUT2D eigenvalue weighted by molar-refractivity contribution is 5.73. The Bertz CT molecular complexity index is 467. The maximum absolute atomic E-state index is 11.4. The van der Waals surface area contributed by atoms with Crippen LogP contribution in [0.25, 0.3) is 0 Å². The summed E-state index contributed by atoms with van der Waals surface area (Å²) in [5.41, 5.74) is 1.55. The second-order valence-electron chi connectivity index (χ2n) is 6.21. The van der Waals surface area contributed by atoms with Gasteiger partial charge in [0.25, 0.3) is 0 Å². The van der Waals surface area contributed by atoms with Gasteiger partial charge in [0, 0.05) is 38.8 Å². The van der Waals surface area contributed by atoms with Gasteiger partial charge in [-0.05, 0) is 36.3 Å². The van der Waals surface area contributed by atoms with Gasteiger partial charge in [-0.1, -0.05) is 6.07 Å². The minimum Gasteiger partial charge on any atom is -0.377 e. The SMILES string of the molecule is CC(=O)N1CCC2(CC1)COC(Cc1cccnc1)C2. The number of hydrogen-bond acceptors (Lipinski definition) is 3. The van der Waals surface area contributed by atoms with Gasteiger partial charge in [0.2, 0.25) is 5.91 Å². The Morgan fingerprint density at radius 3 is 2.95 bits per heavy atom. The molecule has 2 aliphatic heterocycles. The molecule has 4 heteroatoms. The summed E-state index contributed by atoms with van der Waals surface area (Å²) in [6.07, 6.45) is 8.26. The summed E-state index contributed by atoms with van der Waals surface area (Å²) in [6, 6.07) is 4.09. The van der Waals surface area contributed by atoms with E-state index >= 15 is 0 Å². The molecule has 20 heavy (non-hydrogen) atoms. The normalized spacial score (nSPS) is 25.1. The molecule has 0 saturated carbocycles. The van der Waals surface area contributed by atoms with Crippen molar-refractivity contribution >= 4 is 5.91 Å². The van der Waals surface area contributed by atoms with Crippen LogP contribution in [-0.2, 0) is 16.0 Å². The van der Waals surface area contributed by atoms with Gasteiger partial charge in [-0.2, -0.15) is 0 Å². The maximum Gasteiger partial charge on any atom is 0.219 e. The average Bonchev–Trinajstić information content (AvgIpc) is 2.83. The first-order chi connectivity index (χ1) is 9.67. The molecular formula is C16H22N2O2. The zero-order valence-corrected chi connectivity index (χ0v) is 12.0. The fraction of sp³-hybridized carbons (Fsp3) is 0.625. The number of piperidine rings is 1. The van der Waals surface area contributed by atoms with Gasteiger partial charge in [-0.3, -0.25) is 9.78 Å². The Kier molecular flexibility index (Phi) is 3.74. The number of hydrogen-bond donors (Lipinski definition) is 0. The van der Waals surface area contributed by atoms with Crippen LogP contribution < -0.4 is 0 Å². The van der Waals surface area contributed by atoms with Crippen LogP contribution >= 0.6 is 0 Å². The lowest BCUT2D eigenvalue weighted by molar-refractivity contribution is -0.131. The minimum absolute atomic E-state index is 0.200. The third-order valence-corrected chi connectivity index (χ3v) is 4.74. The molecule has 1 unspecified atom stereocenters. The summed E-state index contributed by atoms with van der Waals surface area (Å²) in [4.78, 5) is 17.5. The number of aromatic nitrogens is 1. The maximum atomic E-state index is 11.4. The predicted molar refractivity (Wildman–Crippen MR) is 76.2 cm³/mol. The van der Waals surface area contributed by atoms with Crippen molar-refractivity contribution in [2.75, 3.05) is 19.7 Å². The zero-order chi connectivity index (χ0) is 14.0. The zero-order valence-electron chi connectivity index (χ0n) is 12.0. The molecule has 0 radical (unpaired) electrons. The topological polar surface area (TPSA) is 42.4 Å². The van der Waals surface area contributed by atoms with E-state index in [-0.39, 0.29) is 5.91 Å². The van der Waals surface area contributed by atoms with E-state index in [9.17, 15) is 4.79 Å². The molecule has 1 atom stereocenters. The number of rotatable bonds is 2. The molecule has 1 spiro atoms. The number of pyridine rings is 1. The number of amides is 1. The lowest BCUT2D eigenvalue weighted by Gasteiger charge is -2.38. The number of likely N-dealkylation sites (tertiary alicyclic amines) is 1. The van der Waals surface area contributed by atoms with E-state index in [1.165, 1.54) is 5.56 Å². The first-order valence-electron chi connectivity index (χ1n) is 7.43. The van der Waals surface area contributed by atoms with E-state index in [0.29, 0.717) is 11.5 Å². The van der Waals surface area contributed by atoms with Crippen molar-refractivity contribution in [3.8, 4) is 0 Å². The minimum atomic E-state index is 0.200. The molecule has 0 bridgehead atoms. The van der Waals surface area contributed by atoms with Crippen LogP contribution in [-0.4, -0.2) is 41.6 Å². The molecule has 3 heterocycles. The smallest absolute Gasteiger partial charge is 0.219 e. The van der Waals surface area contributed by atoms with E-state index in [4.69, 9.17) is 4.74 Å². The van der Waals surface area contributed by atoms with Crippen molar-refractivity contribution in [3.63, 3.8) is 0 Å². The number of carbonyl (C=O) groups is 1. The van der Waals surface area contributed by atoms with Crippen molar-refractivity contribution < 1.29 is 9.53 Å². The van der Waals surface area contributed by atoms with E-state index in [0.717, 1.165) is 45.4 Å². The Morgan fingerprint density at radius 2 is 2.30 bits per heavy atom. The third-order valence-electron chi connectivity index (χ3n) is 4.74.